The first-order valence-electron chi connectivity index (χ1n) is 9.80. The van der Waals surface area contributed by atoms with Gasteiger partial charge in [-0.15, -0.1) is 0 Å². The fourth-order valence-electron chi connectivity index (χ4n) is 3.28. The van der Waals surface area contributed by atoms with Crippen LogP contribution in [0.5, 0.6) is 5.75 Å². The van der Waals surface area contributed by atoms with Crippen LogP contribution >= 0.6 is 0 Å². The Labute approximate surface area is 181 Å². The largest absolute Gasteiger partial charge is 0.506 e. The first-order valence-corrected chi connectivity index (χ1v) is 11.2. The molecule has 2 amide bonds. The Balaban J connectivity index is 1.77. The molecule has 166 valence electrons. The number of amides is 2. The van der Waals surface area contributed by atoms with Crippen molar-refractivity contribution in [2.75, 3.05) is 31.6 Å². The van der Waals surface area contributed by atoms with E-state index in [0.29, 0.717) is 13.2 Å². The average Bonchev–Trinajstić information content (AvgIpc) is 2.75. The zero-order valence-corrected chi connectivity index (χ0v) is 17.9. The Morgan fingerprint density at radius 1 is 1.13 bits per heavy atom. The van der Waals surface area contributed by atoms with Crippen LogP contribution in [0.1, 0.15) is 24.9 Å². The summed E-state index contributed by atoms with van der Waals surface area (Å²) in [5, 5.41) is 15.4. The third-order valence-corrected chi connectivity index (χ3v) is 6.71. The molecule has 9 nitrogen and oxygen atoms in total. The standard InChI is InChI=1S/C21H25N3O6S/c1-15(25)22-18(16-5-3-2-4-6-16)14-21(27)23-19-13-17(7-8-20(19)26)31(28,29)24-9-11-30-12-10-24/h2-8,13,18,26H,9-12,14H2,1H3,(H,22,25)(H,23,27). The lowest BCUT2D eigenvalue weighted by molar-refractivity contribution is -0.120. The second-order valence-electron chi connectivity index (χ2n) is 7.11. The third-order valence-electron chi connectivity index (χ3n) is 4.82. The highest BCUT2D eigenvalue weighted by molar-refractivity contribution is 7.89. The van der Waals surface area contributed by atoms with Gasteiger partial charge in [-0.1, -0.05) is 30.3 Å². The van der Waals surface area contributed by atoms with Crippen molar-refractivity contribution >= 4 is 27.5 Å². The van der Waals surface area contributed by atoms with Gasteiger partial charge in [0.25, 0.3) is 0 Å². The minimum Gasteiger partial charge on any atom is -0.506 e. The van der Waals surface area contributed by atoms with Crippen LogP contribution in [0.4, 0.5) is 5.69 Å². The molecule has 1 heterocycles. The fraction of sp³-hybridized carbons (Fsp3) is 0.333. The zero-order chi connectivity index (χ0) is 22.4. The summed E-state index contributed by atoms with van der Waals surface area (Å²) < 4.78 is 32.2. The third kappa shape index (κ3) is 5.81. The number of phenolic OH excluding ortho intramolecular Hbond substituents is 1. The van der Waals surface area contributed by atoms with E-state index in [-0.39, 0.29) is 41.7 Å². The SMILES string of the molecule is CC(=O)NC(CC(=O)Nc1cc(S(=O)(=O)N2CCOCC2)ccc1O)c1ccccc1. The van der Waals surface area contributed by atoms with Crippen LogP contribution in [0.25, 0.3) is 0 Å². The molecule has 3 rings (SSSR count). The summed E-state index contributed by atoms with van der Waals surface area (Å²) in [6, 6.07) is 12.2. The number of rotatable bonds is 7. The molecule has 10 heteroatoms. The molecule has 0 radical (unpaired) electrons. The van der Waals surface area contributed by atoms with E-state index >= 15 is 0 Å². The van der Waals surface area contributed by atoms with Gasteiger partial charge in [-0.05, 0) is 23.8 Å². The number of aromatic hydroxyl groups is 1. The molecule has 0 aromatic heterocycles. The van der Waals surface area contributed by atoms with Gasteiger partial charge >= 0.3 is 0 Å². The monoisotopic (exact) mass is 447 g/mol. The maximum atomic E-state index is 12.8. The van der Waals surface area contributed by atoms with Crippen molar-refractivity contribution < 1.29 is 27.9 Å². The van der Waals surface area contributed by atoms with E-state index in [1.807, 2.05) is 6.07 Å². The zero-order valence-electron chi connectivity index (χ0n) is 17.1. The second-order valence-corrected chi connectivity index (χ2v) is 9.05. The van der Waals surface area contributed by atoms with Gasteiger partial charge in [0.1, 0.15) is 5.75 Å². The van der Waals surface area contributed by atoms with E-state index in [1.54, 1.807) is 24.3 Å². The van der Waals surface area contributed by atoms with Crippen molar-refractivity contribution in [1.29, 1.82) is 0 Å². The summed E-state index contributed by atoms with van der Waals surface area (Å²) in [6.45, 7) is 2.45. The average molecular weight is 448 g/mol. The molecule has 2 aromatic carbocycles. The molecule has 1 aliphatic rings. The van der Waals surface area contributed by atoms with Crippen LogP contribution in [0.3, 0.4) is 0 Å². The molecule has 0 spiro atoms. The number of morpholine rings is 1. The minimum atomic E-state index is -3.79. The van der Waals surface area contributed by atoms with Gasteiger partial charge in [0.15, 0.2) is 0 Å². The number of nitrogens with one attached hydrogen (secondary N) is 2. The van der Waals surface area contributed by atoms with Gasteiger partial charge in [0.05, 0.1) is 36.3 Å². The highest BCUT2D eigenvalue weighted by Crippen LogP contribution is 2.29. The normalized spacial score (nSPS) is 15.8. The summed E-state index contributed by atoms with van der Waals surface area (Å²) in [5.74, 6) is -1.04. The summed E-state index contributed by atoms with van der Waals surface area (Å²) in [5.41, 5.74) is 0.731. The lowest BCUT2D eigenvalue weighted by Crippen LogP contribution is -2.40. The number of carbonyl (C=O) groups excluding carboxylic acids is 2. The Morgan fingerprint density at radius 3 is 2.45 bits per heavy atom. The molecule has 1 unspecified atom stereocenters. The van der Waals surface area contributed by atoms with Crippen LogP contribution in [0.15, 0.2) is 53.4 Å². The van der Waals surface area contributed by atoms with Gasteiger partial charge in [0.2, 0.25) is 21.8 Å². The molecular formula is C21H25N3O6S. The van der Waals surface area contributed by atoms with Gasteiger partial charge in [-0.2, -0.15) is 4.31 Å². The fourth-order valence-corrected chi connectivity index (χ4v) is 4.72. The maximum Gasteiger partial charge on any atom is 0.243 e. The van der Waals surface area contributed by atoms with E-state index in [1.165, 1.54) is 29.4 Å². The number of hydrogen-bond donors (Lipinski definition) is 3. The van der Waals surface area contributed by atoms with Crippen molar-refractivity contribution in [2.24, 2.45) is 0 Å². The highest BCUT2D eigenvalue weighted by atomic mass is 32.2. The second kappa shape index (κ2) is 9.90. The Bertz CT molecular complexity index is 1040. The quantitative estimate of drug-likeness (QED) is 0.554. The molecule has 1 atom stereocenters. The minimum absolute atomic E-state index is 0.0195. The number of anilines is 1. The van der Waals surface area contributed by atoms with Crippen molar-refractivity contribution in [3.8, 4) is 5.75 Å². The van der Waals surface area contributed by atoms with E-state index < -0.39 is 22.0 Å². The van der Waals surface area contributed by atoms with E-state index in [2.05, 4.69) is 10.6 Å². The Kier molecular flexibility index (Phi) is 7.26. The van der Waals surface area contributed by atoms with E-state index in [0.717, 1.165) is 5.56 Å². The lowest BCUT2D eigenvalue weighted by atomic mass is 10.0. The van der Waals surface area contributed by atoms with Crippen LogP contribution in [0, 0.1) is 0 Å². The predicted octanol–water partition coefficient (Wildman–Crippen LogP) is 1.62. The van der Waals surface area contributed by atoms with Crippen molar-refractivity contribution in [2.45, 2.75) is 24.3 Å². The number of nitrogens with zero attached hydrogens (tertiary/aromatic N) is 1. The highest BCUT2D eigenvalue weighted by Gasteiger charge is 2.27. The van der Waals surface area contributed by atoms with Crippen LogP contribution in [0.2, 0.25) is 0 Å². The lowest BCUT2D eigenvalue weighted by Gasteiger charge is -2.26. The van der Waals surface area contributed by atoms with E-state index in [9.17, 15) is 23.1 Å². The number of ether oxygens (including phenoxy) is 1. The number of carbonyl (C=O) groups is 2. The molecule has 2 aromatic rings. The van der Waals surface area contributed by atoms with Gasteiger partial charge in [0, 0.05) is 20.0 Å². The smallest absolute Gasteiger partial charge is 0.243 e. The van der Waals surface area contributed by atoms with Gasteiger partial charge in [-0.3, -0.25) is 9.59 Å². The summed E-state index contributed by atoms with van der Waals surface area (Å²) in [6.07, 6.45) is -0.0938. The molecule has 1 saturated heterocycles. The number of sulfonamides is 1. The van der Waals surface area contributed by atoms with E-state index in [4.69, 9.17) is 4.74 Å². The predicted molar refractivity (Wildman–Crippen MR) is 114 cm³/mol. The number of phenols is 1. The molecule has 0 bridgehead atoms. The van der Waals surface area contributed by atoms with Crippen LogP contribution in [-0.4, -0.2) is 55.9 Å². The molecule has 3 N–H and O–H groups in total. The van der Waals surface area contributed by atoms with Crippen molar-refractivity contribution in [3.63, 3.8) is 0 Å². The molecule has 0 saturated carbocycles. The molecular weight excluding hydrogens is 422 g/mol. The van der Waals surface area contributed by atoms with Gasteiger partial charge < -0.3 is 20.5 Å². The molecule has 1 fully saturated rings. The Morgan fingerprint density at radius 2 is 1.81 bits per heavy atom. The summed E-state index contributed by atoms with van der Waals surface area (Å²) in [4.78, 5) is 24.2. The maximum absolute atomic E-state index is 12.8. The molecule has 1 aliphatic heterocycles. The summed E-state index contributed by atoms with van der Waals surface area (Å²) >= 11 is 0. The molecule has 0 aliphatic carbocycles. The summed E-state index contributed by atoms with van der Waals surface area (Å²) in [7, 11) is -3.79. The van der Waals surface area contributed by atoms with Crippen LogP contribution < -0.4 is 10.6 Å². The van der Waals surface area contributed by atoms with Gasteiger partial charge in [-0.25, -0.2) is 8.42 Å². The van der Waals surface area contributed by atoms with Crippen LogP contribution in [-0.2, 0) is 24.3 Å². The number of benzene rings is 2. The van der Waals surface area contributed by atoms with Crippen molar-refractivity contribution in [3.05, 3.63) is 54.1 Å². The first kappa shape index (κ1) is 22.7. The number of hydrogen-bond acceptors (Lipinski definition) is 6. The Hall–Kier alpha value is -2.95. The topological polar surface area (TPSA) is 125 Å². The molecule has 31 heavy (non-hydrogen) atoms. The van der Waals surface area contributed by atoms with Crippen molar-refractivity contribution in [1.82, 2.24) is 9.62 Å². The first-order chi connectivity index (χ1) is 14.8.